The first-order chi connectivity index (χ1) is 6.59. The molecule has 0 unspecified atom stereocenters. The molecule has 0 aliphatic carbocycles. The number of aryl methyl sites for hydroxylation is 1. The van der Waals surface area contributed by atoms with E-state index < -0.39 is 0 Å². The molecule has 76 valence electrons. The zero-order valence-corrected chi connectivity index (χ0v) is 9.40. The summed E-state index contributed by atoms with van der Waals surface area (Å²) < 4.78 is 5.58. The van der Waals surface area contributed by atoms with Crippen LogP contribution in [-0.4, -0.2) is 6.61 Å². The SMILES string of the molecule is C=C(C)CCOc1cc(Cl)ccc1C. The summed E-state index contributed by atoms with van der Waals surface area (Å²) in [6.07, 6.45) is 0.881. The maximum Gasteiger partial charge on any atom is 0.123 e. The fourth-order valence-electron chi connectivity index (χ4n) is 1.06. The van der Waals surface area contributed by atoms with E-state index in [4.69, 9.17) is 16.3 Å². The molecule has 0 aliphatic heterocycles. The van der Waals surface area contributed by atoms with Crippen LogP contribution in [-0.2, 0) is 0 Å². The van der Waals surface area contributed by atoms with Crippen molar-refractivity contribution in [1.82, 2.24) is 0 Å². The van der Waals surface area contributed by atoms with E-state index in [9.17, 15) is 0 Å². The molecule has 0 heterocycles. The summed E-state index contributed by atoms with van der Waals surface area (Å²) in [6.45, 7) is 8.48. The molecule has 0 N–H and O–H groups in total. The smallest absolute Gasteiger partial charge is 0.123 e. The van der Waals surface area contributed by atoms with Crippen LogP contribution in [0.5, 0.6) is 5.75 Å². The fraction of sp³-hybridized carbons (Fsp3) is 0.333. The van der Waals surface area contributed by atoms with Crippen LogP contribution >= 0.6 is 11.6 Å². The average molecular weight is 211 g/mol. The lowest BCUT2D eigenvalue weighted by atomic mass is 10.2. The van der Waals surface area contributed by atoms with Crippen molar-refractivity contribution in [2.75, 3.05) is 6.61 Å². The first-order valence-electron chi connectivity index (χ1n) is 4.63. The Labute approximate surface area is 90.3 Å². The van der Waals surface area contributed by atoms with Gasteiger partial charge in [-0.3, -0.25) is 0 Å². The summed E-state index contributed by atoms with van der Waals surface area (Å²) in [6, 6.07) is 5.66. The second-order valence-electron chi connectivity index (χ2n) is 3.47. The molecule has 0 bridgehead atoms. The summed E-state index contributed by atoms with van der Waals surface area (Å²) in [5, 5.41) is 0.709. The monoisotopic (exact) mass is 210 g/mol. The second-order valence-corrected chi connectivity index (χ2v) is 3.90. The first kappa shape index (κ1) is 11.1. The van der Waals surface area contributed by atoms with Gasteiger partial charge in [0.05, 0.1) is 6.61 Å². The van der Waals surface area contributed by atoms with E-state index in [1.54, 1.807) is 0 Å². The van der Waals surface area contributed by atoms with Crippen LogP contribution in [0.2, 0.25) is 5.02 Å². The van der Waals surface area contributed by atoms with Crippen LogP contribution in [0.3, 0.4) is 0 Å². The summed E-state index contributed by atoms with van der Waals surface area (Å²) in [5.41, 5.74) is 2.24. The topological polar surface area (TPSA) is 9.23 Å². The van der Waals surface area contributed by atoms with Gasteiger partial charge in [0.15, 0.2) is 0 Å². The second kappa shape index (κ2) is 5.06. The lowest BCUT2D eigenvalue weighted by Crippen LogP contribution is -1.98. The van der Waals surface area contributed by atoms with Crippen LogP contribution in [0.4, 0.5) is 0 Å². The van der Waals surface area contributed by atoms with E-state index in [1.807, 2.05) is 32.0 Å². The van der Waals surface area contributed by atoms with Gasteiger partial charge in [0.25, 0.3) is 0 Å². The van der Waals surface area contributed by atoms with Crippen molar-refractivity contribution in [1.29, 1.82) is 0 Å². The summed E-state index contributed by atoms with van der Waals surface area (Å²) in [7, 11) is 0. The van der Waals surface area contributed by atoms with Crippen LogP contribution in [0.15, 0.2) is 30.4 Å². The molecule has 0 aliphatic rings. The third-order valence-electron chi connectivity index (χ3n) is 1.94. The van der Waals surface area contributed by atoms with E-state index in [0.717, 1.165) is 23.3 Å². The Morgan fingerprint density at radius 3 is 2.86 bits per heavy atom. The van der Waals surface area contributed by atoms with E-state index >= 15 is 0 Å². The lowest BCUT2D eigenvalue weighted by Gasteiger charge is -2.08. The zero-order chi connectivity index (χ0) is 10.6. The Morgan fingerprint density at radius 1 is 1.50 bits per heavy atom. The molecule has 1 aromatic carbocycles. The molecular weight excluding hydrogens is 196 g/mol. The van der Waals surface area contributed by atoms with Gasteiger partial charge >= 0.3 is 0 Å². The van der Waals surface area contributed by atoms with Crippen LogP contribution in [0.1, 0.15) is 18.9 Å². The Hall–Kier alpha value is -0.950. The number of benzene rings is 1. The molecule has 1 nitrogen and oxygen atoms in total. The van der Waals surface area contributed by atoms with Crippen molar-refractivity contribution < 1.29 is 4.74 Å². The molecule has 0 saturated carbocycles. The maximum absolute atomic E-state index is 5.86. The van der Waals surface area contributed by atoms with Crippen LogP contribution in [0.25, 0.3) is 0 Å². The Kier molecular flexibility index (Phi) is 4.02. The zero-order valence-electron chi connectivity index (χ0n) is 8.64. The van der Waals surface area contributed by atoms with Gasteiger partial charge in [-0.15, -0.1) is 6.58 Å². The van der Waals surface area contributed by atoms with Gasteiger partial charge < -0.3 is 4.74 Å². The summed E-state index contributed by atoms with van der Waals surface area (Å²) >= 11 is 5.86. The number of rotatable bonds is 4. The van der Waals surface area contributed by atoms with Gasteiger partial charge in [-0.05, 0) is 31.5 Å². The fourth-order valence-corrected chi connectivity index (χ4v) is 1.23. The van der Waals surface area contributed by atoms with Gasteiger partial charge in [0, 0.05) is 11.4 Å². The molecule has 0 aromatic heterocycles. The molecule has 2 heteroatoms. The molecule has 0 fully saturated rings. The number of hydrogen-bond acceptors (Lipinski definition) is 1. The van der Waals surface area contributed by atoms with Crippen molar-refractivity contribution in [2.45, 2.75) is 20.3 Å². The summed E-state index contributed by atoms with van der Waals surface area (Å²) in [4.78, 5) is 0. The third kappa shape index (κ3) is 3.43. The van der Waals surface area contributed by atoms with E-state index in [2.05, 4.69) is 6.58 Å². The highest BCUT2D eigenvalue weighted by molar-refractivity contribution is 6.30. The largest absolute Gasteiger partial charge is 0.493 e. The molecular formula is C12H15ClO. The maximum atomic E-state index is 5.86. The molecule has 0 atom stereocenters. The number of halogens is 1. The highest BCUT2D eigenvalue weighted by atomic mass is 35.5. The normalized spacial score (nSPS) is 9.93. The predicted molar refractivity (Wildman–Crippen MR) is 61.1 cm³/mol. The Morgan fingerprint density at radius 2 is 2.21 bits per heavy atom. The van der Waals surface area contributed by atoms with Gasteiger partial charge in [-0.1, -0.05) is 23.2 Å². The van der Waals surface area contributed by atoms with Crippen molar-refractivity contribution in [2.24, 2.45) is 0 Å². The minimum atomic E-state index is 0.663. The van der Waals surface area contributed by atoms with Crippen molar-refractivity contribution in [3.8, 4) is 5.75 Å². The summed E-state index contributed by atoms with van der Waals surface area (Å²) in [5.74, 6) is 0.860. The highest BCUT2D eigenvalue weighted by Crippen LogP contribution is 2.22. The number of hydrogen-bond donors (Lipinski definition) is 0. The molecule has 14 heavy (non-hydrogen) atoms. The molecule has 0 radical (unpaired) electrons. The molecule has 0 spiro atoms. The van der Waals surface area contributed by atoms with E-state index in [1.165, 1.54) is 0 Å². The Balaban J connectivity index is 2.57. The van der Waals surface area contributed by atoms with Gasteiger partial charge in [0.2, 0.25) is 0 Å². The van der Waals surface area contributed by atoms with Crippen LogP contribution < -0.4 is 4.74 Å². The van der Waals surface area contributed by atoms with Crippen molar-refractivity contribution in [3.63, 3.8) is 0 Å². The van der Waals surface area contributed by atoms with E-state index in [0.29, 0.717) is 11.6 Å². The minimum absolute atomic E-state index is 0.663. The average Bonchev–Trinajstić information content (AvgIpc) is 2.10. The lowest BCUT2D eigenvalue weighted by molar-refractivity contribution is 0.319. The standard InChI is InChI=1S/C12H15ClO/c1-9(2)6-7-14-12-8-11(13)5-4-10(12)3/h4-5,8H,1,6-7H2,2-3H3. The minimum Gasteiger partial charge on any atom is -0.493 e. The van der Waals surface area contributed by atoms with E-state index in [-0.39, 0.29) is 0 Å². The van der Waals surface area contributed by atoms with Gasteiger partial charge in [-0.2, -0.15) is 0 Å². The molecule has 1 rings (SSSR count). The van der Waals surface area contributed by atoms with Gasteiger partial charge in [-0.25, -0.2) is 0 Å². The van der Waals surface area contributed by atoms with Gasteiger partial charge in [0.1, 0.15) is 5.75 Å². The molecule has 1 aromatic rings. The predicted octanol–water partition coefficient (Wildman–Crippen LogP) is 3.99. The molecule has 0 amide bonds. The van der Waals surface area contributed by atoms with Crippen LogP contribution in [0, 0.1) is 6.92 Å². The highest BCUT2D eigenvalue weighted by Gasteiger charge is 1.99. The number of ether oxygens (including phenoxy) is 1. The quantitative estimate of drug-likeness (QED) is 0.683. The first-order valence-corrected chi connectivity index (χ1v) is 5.00. The van der Waals surface area contributed by atoms with Crippen molar-refractivity contribution in [3.05, 3.63) is 40.9 Å². The third-order valence-corrected chi connectivity index (χ3v) is 2.17. The Bertz CT molecular complexity index is 331. The molecule has 0 saturated heterocycles. The van der Waals surface area contributed by atoms with Crippen molar-refractivity contribution >= 4 is 11.6 Å².